The number of ether oxygens (including phenoxy) is 2. The molecule has 2 N–H and O–H groups in total. The van der Waals surface area contributed by atoms with E-state index in [9.17, 15) is 24.5 Å². The molecule has 0 saturated carbocycles. The number of nitrogens with zero attached hydrogens (tertiary/aromatic N) is 1. The summed E-state index contributed by atoms with van der Waals surface area (Å²) in [5, 5.41) is 16.4. The minimum absolute atomic E-state index is 0.0576. The number of nitrogens with one attached hydrogen (secondary N) is 2. The van der Waals surface area contributed by atoms with Gasteiger partial charge in [-0.15, -0.1) is 0 Å². The first kappa shape index (κ1) is 28.9. The fraction of sp³-hybridized carbons (Fsp3) is 0.625. The molecule has 3 atom stereocenters. The van der Waals surface area contributed by atoms with Gasteiger partial charge in [-0.2, -0.15) is 0 Å². The number of hydrogen-bond acceptors (Lipinski definition) is 7. The first-order valence-electron chi connectivity index (χ1n) is 11.2. The predicted octanol–water partition coefficient (Wildman–Crippen LogP) is 2.37. The first-order valence-corrected chi connectivity index (χ1v) is 11.2. The first-order chi connectivity index (χ1) is 15.8. The lowest BCUT2D eigenvalue weighted by atomic mass is 9.85. The van der Waals surface area contributed by atoms with E-state index in [0.717, 1.165) is 0 Å². The van der Waals surface area contributed by atoms with E-state index in [4.69, 9.17) is 9.47 Å². The van der Waals surface area contributed by atoms with Gasteiger partial charge in [0.2, 0.25) is 18.4 Å². The van der Waals surface area contributed by atoms with Crippen molar-refractivity contribution in [3.05, 3.63) is 39.9 Å². The highest BCUT2D eigenvalue weighted by molar-refractivity contribution is 5.92. The normalized spacial score (nSPS) is 14.0. The number of para-hydroxylation sites is 1. The summed E-state index contributed by atoms with van der Waals surface area (Å²) < 4.78 is 10.2. The van der Waals surface area contributed by atoms with Crippen LogP contribution in [0.3, 0.4) is 0 Å². The largest absolute Gasteiger partial charge is 0.496 e. The molecule has 0 heterocycles. The average Bonchev–Trinajstić information content (AvgIpc) is 2.74. The molecule has 0 aliphatic rings. The summed E-state index contributed by atoms with van der Waals surface area (Å²) >= 11 is 0. The predicted molar refractivity (Wildman–Crippen MR) is 127 cm³/mol. The van der Waals surface area contributed by atoms with Crippen LogP contribution in [0.4, 0.5) is 0 Å². The van der Waals surface area contributed by atoms with Gasteiger partial charge >= 0.3 is 5.97 Å². The maximum Gasteiger partial charge on any atom is 0.328 e. The molecule has 0 radical (unpaired) electrons. The second-order valence-electron chi connectivity index (χ2n) is 9.75. The molecule has 0 aliphatic carbocycles. The number of rotatable bonds is 12. The molecule has 0 aromatic heterocycles. The molecule has 34 heavy (non-hydrogen) atoms. The summed E-state index contributed by atoms with van der Waals surface area (Å²) in [7, 11) is 2.73. The Balaban J connectivity index is 3.14. The van der Waals surface area contributed by atoms with E-state index in [0.29, 0.717) is 17.7 Å². The maximum absolute atomic E-state index is 13.3. The maximum atomic E-state index is 13.3. The van der Waals surface area contributed by atoms with Crippen LogP contribution < -0.4 is 15.4 Å². The minimum atomic E-state index is -1.04. The van der Waals surface area contributed by atoms with Crippen LogP contribution in [-0.2, 0) is 25.5 Å². The van der Waals surface area contributed by atoms with Crippen molar-refractivity contribution in [1.29, 1.82) is 0 Å². The Hall–Kier alpha value is -3.17. The van der Waals surface area contributed by atoms with Crippen LogP contribution in [0, 0.1) is 27.4 Å². The van der Waals surface area contributed by atoms with Crippen molar-refractivity contribution in [1.82, 2.24) is 10.6 Å². The van der Waals surface area contributed by atoms with E-state index in [1.807, 2.05) is 13.8 Å². The van der Waals surface area contributed by atoms with E-state index in [2.05, 4.69) is 10.6 Å². The molecule has 1 rings (SSSR count). The topological polar surface area (TPSA) is 137 Å². The highest BCUT2D eigenvalue weighted by atomic mass is 16.6. The Bertz CT molecular complexity index is 864. The average molecular weight is 480 g/mol. The number of methoxy groups -OCH3 is 2. The van der Waals surface area contributed by atoms with Crippen LogP contribution in [0.1, 0.15) is 46.6 Å². The molecule has 190 valence electrons. The van der Waals surface area contributed by atoms with Crippen LogP contribution in [0.2, 0.25) is 0 Å². The lowest BCUT2D eigenvalue weighted by Gasteiger charge is -2.32. The molecule has 0 aliphatic heterocycles. The van der Waals surface area contributed by atoms with Crippen molar-refractivity contribution < 1.29 is 28.8 Å². The van der Waals surface area contributed by atoms with Crippen molar-refractivity contribution in [3.8, 4) is 5.75 Å². The van der Waals surface area contributed by atoms with Gasteiger partial charge < -0.3 is 20.1 Å². The molecule has 1 aromatic rings. The summed E-state index contributed by atoms with van der Waals surface area (Å²) in [6.45, 7) is 8.49. The summed E-state index contributed by atoms with van der Waals surface area (Å²) in [6.07, 6.45) is 0.425. The molecule has 0 unspecified atom stereocenters. The van der Waals surface area contributed by atoms with Crippen molar-refractivity contribution in [2.24, 2.45) is 17.3 Å². The molecule has 0 spiro atoms. The van der Waals surface area contributed by atoms with Crippen LogP contribution in [0.5, 0.6) is 5.75 Å². The standard InChI is InChI=1S/C24H37N3O7/c1-15(2)12-17(14-27(31)32)21(28)26-20(24(3,4)5)22(29)25-18(23(30)34-7)13-16-10-8-9-11-19(16)33-6/h8-11,15,17-18,20H,12-14H2,1-7H3,(H,25,29)(H,26,28)/t17-,18+,20-/m1/s1. The van der Waals surface area contributed by atoms with Crippen LogP contribution >= 0.6 is 0 Å². The van der Waals surface area contributed by atoms with E-state index < -0.39 is 52.7 Å². The van der Waals surface area contributed by atoms with Crippen molar-refractivity contribution in [3.63, 3.8) is 0 Å². The fourth-order valence-corrected chi connectivity index (χ4v) is 3.63. The van der Waals surface area contributed by atoms with Gasteiger partial charge in [-0.3, -0.25) is 19.7 Å². The minimum Gasteiger partial charge on any atom is -0.496 e. The van der Waals surface area contributed by atoms with Gasteiger partial charge in [0.15, 0.2) is 0 Å². The Labute approximate surface area is 200 Å². The van der Waals surface area contributed by atoms with Crippen LogP contribution in [-0.4, -0.2) is 55.6 Å². The van der Waals surface area contributed by atoms with Gasteiger partial charge in [-0.25, -0.2) is 4.79 Å². The second-order valence-corrected chi connectivity index (χ2v) is 9.75. The quantitative estimate of drug-likeness (QED) is 0.267. The third-order valence-electron chi connectivity index (χ3n) is 5.33. The Morgan fingerprint density at radius 1 is 1.06 bits per heavy atom. The number of amides is 2. The molecule has 2 amide bonds. The highest BCUT2D eigenvalue weighted by Gasteiger charge is 2.37. The molecule has 10 nitrogen and oxygen atoms in total. The van der Waals surface area contributed by atoms with Gasteiger partial charge in [0.1, 0.15) is 23.8 Å². The van der Waals surface area contributed by atoms with Crippen LogP contribution in [0.25, 0.3) is 0 Å². The van der Waals surface area contributed by atoms with Gasteiger partial charge in [-0.05, 0) is 29.4 Å². The number of esters is 1. The third-order valence-corrected chi connectivity index (χ3v) is 5.33. The van der Waals surface area contributed by atoms with E-state index in [1.165, 1.54) is 14.2 Å². The summed E-state index contributed by atoms with van der Waals surface area (Å²) in [5.74, 6) is -2.07. The smallest absolute Gasteiger partial charge is 0.328 e. The third kappa shape index (κ3) is 8.99. The van der Waals surface area contributed by atoms with Gasteiger partial charge in [0.05, 0.1) is 14.2 Å². The Morgan fingerprint density at radius 3 is 2.18 bits per heavy atom. The second kappa shape index (κ2) is 12.9. The molecule has 0 fully saturated rings. The zero-order valence-electron chi connectivity index (χ0n) is 21.0. The van der Waals surface area contributed by atoms with Crippen molar-refractivity contribution in [2.45, 2.75) is 59.5 Å². The van der Waals surface area contributed by atoms with Crippen molar-refractivity contribution in [2.75, 3.05) is 20.8 Å². The van der Waals surface area contributed by atoms with Crippen LogP contribution in [0.15, 0.2) is 24.3 Å². The summed E-state index contributed by atoms with van der Waals surface area (Å²) in [6, 6.07) is 5.03. The van der Waals surface area contributed by atoms with Gasteiger partial charge in [-0.1, -0.05) is 52.8 Å². The SMILES string of the molecule is COC(=O)[C@H](Cc1ccccc1OC)NC(=O)[C@@H](NC(=O)[C@H](CC(C)C)C[N+](=O)[O-])C(C)(C)C. The lowest BCUT2D eigenvalue weighted by molar-refractivity contribution is -0.486. The molecule has 0 saturated heterocycles. The summed E-state index contributed by atoms with van der Waals surface area (Å²) in [4.78, 5) is 49.2. The van der Waals surface area contributed by atoms with E-state index in [-0.39, 0.29) is 12.3 Å². The number of hydrogen-bond donors (Lipinski definition) is 2. The molecular weight excluding hydrogens is 442 g/mol. The Kier molecular flexibility index (Phi) is 11.0. The monoisotopic (exact) mass is 479 g/mol. The number of nitro groups is 1. The fourth-order valence-electron chi connectivity index (χ4n) is 3.63. The molecular formula is C24H37N3O7. The van der Waals surface area contributed by atoms with Gasteiger partial charge in [0, 0.05) is 11.3 Å². The molecule has 0 bridgehead atoms. The zero-order chi connectivity index (χ0) is 26.1. The number of carbonyl (C=O) groups excluding carboxylic acids is 3. The van der Waals surface area contributed by atoms with E-state index >= 15 is 0 Å². The highest BCUT2D eigenvalue weighted by Crippen LogP contribution is 2.23. The lowest BCUT2D eigenvalue weighted by Crippen LogP contribution is -2.58. The summed E-state index contributed by atoms with van der Waals surface area (Å²) in [5.41, 5.74) is -0.0398. The van der Waals surface area contributed by atoms with Crippen molar-refractivity contribution >= 4 is 17.8 Å². The number of benzene rings is 1. The Morgan fingerprint density at radius 2 is 1.68 bits per heavy atom. The van der Waals surface area contributed by atoms with E-state index in [1.54, 1.807) is 45.0 Å². The number of carbonyl (C=O) groups is 3. The molecule has 1 aromatic carbocycles. The zero-order valence-corrected chi connectivity index (χ0v) is 21.0. The molecule has 10 heteroatoms. The van der Waals surface area contributed by atoms with Gasteiger partial charge in [0.25, 0.3) is 0 Å².